The highest BCUT2D eigenvalue weighted by Crippen LogP contribution is 2.39. The van der Waals surface area contributed by atoms with Gasteiger partial charge in [0.1, 0.15) is 17.7 Å². The maximum atomic E-state index is 14.8. The van der Waals surface area contributed by atoms with Gasteiger partial charge in [0, 0.05) is 6.54 Å². The summed E-state index contributed by atoms with van der Waals surface area (Å²) in [7, 11) is 0. The minimum Gasteiger partial charge on any atom is -0.384 e. The van der Waals surface area contributed by atoms with Gasteiger partial charge in [0.2, 0.25) is 0 Å². The highest BCUT2D eigenvalue weighted by Gasteiger charge is 2.40. The van der Waals surface area contributed by atoms with Crippen molar-refractivity contribution in [3.05, 3.63) is 71.1 Å². The molecule has 1 aromatic heterocycles. The van der Waals surface area contributed by atoms with E-state index in [4.69, 9.17) is 5.73 Å². The summed E-state index contributed by atoms with van der Waals surface area (Å²) in [4.78, 5) is 19.1. The van der Waals surface area contributed by atoms with E-state index in [9.17, 15) is 27.5 Å². The summed E-state index contributed by atoms with van der Waals surface area (Å²) in [6, 6.07) is 8.14. The van der Waals surface area contributed by atoms with Gasteiger partial charge in [-0.05, 0) is 49.4 Å². The van der Waals surface area contributed by atoms with E-state index in [0.29, 0.717) is 0 Å². The van der Waals surface area contributed by atoms with Gasteiger partial charge in [-0.1, -0.05) is 50.6 Å². The van der Waals surface area contributed by atoms with Gasteiger partial charge in [-0.25, -0.2) is 27.2 Å². The van der Waals surface area contributed by atoms with Gasteiger partial charge in [-0.3, -0.25) is 4.79 Å². The minimum absolute atomic E-state index is 0.0994. The average molecular weight is 550 g/mol. The molecular weight excluding hydrogens is 514 g/mol. The number of aliphatic hydroxyl groups excluding tert-OH is 1. The largest absolute Gasteiger partial charge is 0.384 e. The Morgan fingerprint density at radius 2 is 1.85 bits per heavy atom. The molecule has 0 fully saturated rings. The van der Waals surface area contributed by atoms with Crippen molar-refractivity contribution in [2.24, 2.45) is 11.1 Å². The minimum atomic E-state index is -2.80. The van der Waals surface area contributed by atoms with E-state index in [1.54, 1.807) is 0 Å². The monoisotopic (exact) mass is 549 g/mol. The molecule has 0 saturated heterocycles. The zero-order valence-corrected chi connectivity index (χ0v) is 22.7. The lowest BCUT2D eigenvalue weighted by molar-refractivity contribution is -0.145. The molecule has 0 aliphatic heterocycles. The molecule has 0 radical (unpaired) electrons. The normalized spacial score (nSPS) is 14.4. The van der Waals surface area contributed by atoms with Gasteiger partial charge in [-0.15, -0.1) is 0 Å². The first-order valence-electron chi connectivity index (χ1n) is 12.7. The summed E-state index contributed by atoms with van der Waals surface area (Å²) in [6.45, 7) is 8.65. The number of rotatable bonds is 10. The predicted octanol–water partition coefficient (Wildman–Crippen LogP) is 4.86. The van der Waals surface area contributed by atoms with Crippen molar-refractivity contribution in [3.8, 4) is 11.4 Å². The molecule has 1 amide bonds. The second-order valence-electron chi connectivity index (χ2n) is 10.8. The van der Waals surface area contributed by atoms with E-state index >= 15 is 0 Å². The standard InChI is InChI=1S/C28H35F4N5O2/c1-16-7-6-8-18(13-16)15-37-26(34-25(35-37)20-14-19(29)9-10-21(20)30)23(28(3,4)5)36(27(39)17(2)38)12-11-22(33)24(31)32/h6-10,13-14,17,22-24,38H,11-12,15,33H2,1-5H3/t17-,22-,23?/m0/s1. The number of hydrogen-bond donors (Lipinski definition) is 2. The summed E-state index contributed by atoms with van der Waals surface area (Å²) in [5.41, 5.74) is 6.49. The van der Waals surface area contributed by atoms with E-state index in [1.807, 2.05) is 52.0 Å². The summed E-state index contributed by atoms with van der Waals surface area (Å²) in [6.07, 6.45) is -4.47. The van der Waals surface area contributed by atoms with E-state index in [0.717, 1.165) is 29.3 Å². The lowest BCUT2D eigenvalue weighted by Crippen LogP contribution is -2.48. The maximum Gasteiger partial charge on any atom is 0.253 e. The number of carbonyl (C=O) groups excluding carboxylic acids is 1. The third-order valence-corrected chi connectivity index (χ3v) is 6.33. The molecule has 3 atom stereocenters. The molecular formula is C28H35F4N5O2. The van der Waals surface area contributed by atoms with Gasteiger partial charge >= 0.3 is 0 Å². The molecule has 3 aromatic rings. The van der Waals surface area contributed by atoms with E-state index < -0.39 is 47.6 Å². The summed E-state index contributed by atoms with van der Waals surface area (Å²) in [5.74, 6) is -2.00. The Kier molecular flexibility index (Phi) is 9.50. The predicted molar refractivity (Wildman–Crippen MR) is 140 cm³/mol. The summed E-state index contributed by atoms with van der Waals surface area (Å²) < 4.78 is 56.8. The van der Waals surface area contributed by atoms with Crippen LogP contribution in [-0.4, -0.2) is 55.8 Å². The molecule has 0 aliphatic carbocycles. The number of nitrogens with two attached hydrogens (primary N) is 1. The molecule has 39 heavy (non-hydrogen) atoms. The molecule has 212 valence electrons. The quantitative estimate of drug-likeness (QED) is 0.352. The fourth-order valence-corrected chi connectivity index (χ4v) is 4.45. The van der Waals surface area contributed by atoms with Crippen molar-refractivity contribution in [2.75, 3.05) is 6.54 Å². The van der Waals surface area contributed by atoms with Gasteiger partial charge in [0.05, 0.1) is 24.2 Å². The van der Waals surface area contributed by atoms with Crippen molar-refractivity contribution < 1.29 is 27.5 Å². The van der Waals surface area contributed by atoms with Crippen molar-refractivity contribution in [3.63, 3.8) is 0 Å². The van der Waals surface area contributed by atoms with Crippen LogP contribution in [0, 0.1) is 24.0 Å². The number of aryl methyl sites for hydroxylation is 1. The first kappa shape index (κ1) is 30.2. The Bertz CT molecular complexity index is 1290. The Labute approximate surface area is 225 Å². The Morgan fingerprint density at radius 1 is 1.15 bits per heavy atom. The maximum absolute atomic E-state index is 14.8. The van der Waals surface area contributed by atoms with Crippen LogP contribution in [0.3, 0.4) is 0 Å². The zero-order valence-electron chi connectivity index (χ0n) is 22.7. The summed E-state index contributed by atoms with van der Waals surface area (Å²) in [5, 5.41) is 14.7. The van der Waals surface area contributed by atoms with Crippen LogP contribution in [0.15, 0.2) is 42.5 Å². The number of carbonyl (C=O) groups is 1. The van der Waals surface area contributed by atoms with Crippen molar-refractivity contribution in [2.45, 2.75) is 72.2 Å². The highest BCUT2D eigenvalue weighted by atomic mass is 19.3. The van der Waals surface area contributed by atoms with E-state index in [2.05, 4.69) is 10.1 Å². The molecule has 0 saturated carbocycles. The topological polar surface area (TPSA) is 97.3 Å². The number of aliphatic hydroxyl groups is 1. The Balaban J connectivity index is 2.22. The Morgan fingerprint density at radius 3 is 2.44 bits per heavy atom. The lowest BCUT2D eigenvalue weighted by atomic mass is 9.84. The number of aromatic nitrogens is 3. The number of benzene rings is 2. The first-order valence-corrected chi connectivity index (χ1v) is 12.7. The molecule has 2 aromatic carbocycles. The van der Waals surface area contributed by atoms with Gasteiger partial charge < -0.3 is 15.7 Å². The van der Waals surface area contributed by atoms with Crippen LogP contribution in [0.2, 0.25) is 0 Å². The second kappa shape index (κ2) is 12.3. The number of nitrogens with zero attached hydrogens (tertiary/aromatic N) is 4. The highest BCUT2D eigenvalue weighted by molar-refractivity contribution is 5.80. The van der Waals surface area contributed by atoms with Gasteiger partial charge in [0.25, 0.3) is 12.3 Å². The van der Waals surface area contributed by atoms with Crippen molar-refractivity contribution >= 4 is 5.91 Å². The SMILES string of the molecule is Cc1cccc(Cn2nc(-c3cc(F)ccc3F)nc2C(N(CC[C@H](N)C(F)F)C(=O)[C@H](C)O)C(C)(C)C)c1. The molecule has 0 spiro atoms. The van der Waals surface area contributed by atoms with Crippen LogP contribution >= 0.6 is 0 Å². The zero-order chi connectivity index (χ0) is 29.1. The third kappa shape index (κ3) is 7.42. The molecule has 0 bridgehead atoms. The fraction of sp³-hybridized carbons (Fsp3) is 0.464. The molecule has 0 aliphatic rings. The van der Waals surface area contributed by atoms with Crippen LogP contribution < -0.4 is 5.73 Å². The van der Waals surface area contributed by atoms with Crippen molar-refractivity contribution in [1.82, 2.24) is 19.7 Å². The van der Waals surface area contributed by atoms with Crippen LogP contribution in [-0.2, 0) is 11.3 Å². The number of halogens is 4. The average Bonchev–Trinajstić information content (AvgIpc) is 3.23. The molecule has 11 heteroatoms. The number of hydrogen-bond acceptors (Lipinski definition) is 5. The van der Waals surface area contributed by atoms with Crippen LogP contribution in [0.5, 0.6) is 0 Å². The lowest BCUT2D eigenvalue weighted by Gasteiger charge is -2.40. The third-order valence-electron chi connectivity index (χ3n) is 6.33. The van der Waals surface area contributed by atoms with Crippen LogP contribution in [0.25, 0.3) is 11.4 Å². The number of alkyl halides is 2. The number of amides is 1. The van der Waals surface area contributed by atoms with E-state index in [1.165, 1.54) is 16.5 Å². The fourth-order valence-electron chi connectivity index (χ4n) is 4.45. The molecule has 3 rings (SSSR count). The van der Waals surface area contributed by atoms with E-state index in [-0.39, 0.29) is 36.7 Å². The van der Waals surface area contributed by atoms with Gasteiger partial charge in [-0.2, -0.15) is 5.10 Å². The molecule has 1 heterocycles. The van der Waals surface area contributed by atoms with Crippen LogP contribution in [0.4, 0.5) is 17.6 Å². The van der Waals surface area contributed by atoms with Gasteiger partial charge in [0.15, 0.2) is 11.6 Å². The van der Waals surface area contributed by atoms with Crippen LogP contribution in [0.1, 0.15) is 57.1 Å². The summed E-state index contributed by atoms with van der Waals surface area (Å²) >= 11 is 0. The molecule has 3 N–H and O–H groups in total. The smallest absolute Gasteiger partial charge is 0.253 e. The van der Waals surface area contributed by atoms with Crippen molar-refractivity contribution in [1.29, 1.82) is 0 Å². The second-order valence-corrected chi connectivity index (χ2v) is 10.8. The first-order chi connectivity index (χ1) is 18.2. The molecule has 7 nitrogen and oxygen atoms in total. The Hall–Kier alpha value is -3.31. The molecule has 1 unspecified atom stereocenters.